The summed E-state index contributed by atoms with van der Waals surface area (Å²) in [5.74, 6) is 5.11. The molecule has 0 aromatic heterocycles. The molecule has 0 radical (unpaired) electrons. The van der Waals surface area contributed by atoms with Gasteiger partial charge >= 0.3 is 0 Å². The van der Waals surface area contributed by atoms with Crippen LogP contribution in [-0.2, 0) is 9.59 Å². The Morgan fingerprint density at radius 3 is 2.62 bits per heavy atom. The summed E-state index contributed by atoms with van der Waals surface area (Å²) < 4.78 is 0. The fourth-order valence-electron chi connectivity index (χ4n) is 1.14. The lowest BCUT2D eigenvalue weighted by molar-refractivity contribution is -0.137. The summed E-state index contributed by atoms with van der Waals surface area (Å²) in [5.41, 5.74) is 0.509. The van der Waals surface area contributed by atoms with E-state index in [-0.39, 0.29) is 11.8 Å². The van der Waals surface area contributed by atoms with Crippen LogP contribution in [0.4, 0.5) is 0 Å². The first-order chi connectivity index (χ1) is 6.16. The topological polar surface area (TPSA) is 37.4 Å². The lowest BCUT2D eigenvalue weighted by Gasteiger charge is -2.11. The van der Waals surface area contributed by atoms with Gasteiger partial charge in [-0.3, -0.25) is 14.5 Å². The molecule has 2 amide bonds. The Bertz CT molecular complexity index is 331. The first-order valence-corrected chi connectivity index (χ1v) is 4.10. The van der Waals surface area contributed by atoms with E-state index in [0.29, 0.717) is 18.5 Å². The van der Waals surface area contributed by atoms with Gasteiger partial charge < -0.3 is 0 Å². The minimum absolute atomic E-state index is 0.192. The summed E-state index contributed by atoms with van der Waals surface area (Å²) in [7, 11) is 0. The molecule has 1 aliphatic rings. The number of carbonyl (C=O) groups excluding carboxylic acids is 2. The summed E-state index contributed by atoms with van der Waals surface area (Å²) in [6.07, 6.45) is 1.91. The van der Waals surface area contributed by atoms with Crippen molar-refractivity contribution in [3.63, 3.8) is 0 Å². The molecule has 68 valence electrons. The zero-order valence-electron chi connectivity index (χ0n) is 7.76. The normalized spacial score (nSPS) is 15.5. The van der Waals surface area contributed by atoms with Gasteiger partial charge in [0.15, 0.2) is 0 Å². The second kappa shape index (κ2) is 3.90. The monoisotopic (exact) mass is 177 g/mol. The van der Waals surface area contributed by atoms with E-state index in [0.717, 1.165) is 0 Å². The second-order valence-corrected chi connectivity index (χ2v) is 2.80. The molecular weight excluding hydrogens is 166 g/mol. The van der Waals surface area contributed by atoms with Crippen molar-refractivity contribution in [2.75, 3.05) is 6.54 Å². The molecule has 1 aliphatic heterocycles. The van der Waals surface area contributed by atoms with Gasteiger partial charge in [-0.2, -0.15) is 0 Å². The molecular formula is C10H11NO2. The molecule has 0 fully saturated rings. The lowest BCUT2D eigenvalue weighted by atomic mass is 10.3. The molecule has 0 unspecified atom stereocenters. The van der Waals surface area contributed by atoms with Crippen LogP contribution in [0.2, 0.25) is 0 Å². The SMILES string of the molecule is CC#CCCN1C(=O)C=C(C)C1=O. The summed E-state index contributed by atoms with van der Waals surface area (Å²) in [4.78, 5) is 23.7. The van der Waals surface area contributed by atoms with Crippen molar-refractivity contribution in [3.05, 3.63) is 11.6 Å². The lowest BCUT2D eigenvalue weighted by Crippen LogP contribution is -2.31. The number of amides is 2. The van der Waals surface area contributed by atoms with Gasteiger partial charge in [-0.1, -0.05) is 0 Å². The molecule has 0 aromatic carbocycles. The average molecular weight is 177 g/mol. The van der Waals surface area contributed by atoms with E-state index in [9.17, 15) is 9.59 Å². The zero-order valence-corrected chi connectivity index (χ0v) is 7.76. The smallest absolute Gasteiger partial charge is 0.256 e. The Hall–Kier alpha value is -1.56. The third-order valence-electron chi connectivity index (χ3n) is 1.83. The van der Waals surface area contributed by atoms with E-state index >= 15 is 0 Å². The van der Waals surface area contributed by atoms with Crippen LogP contribution in [0.15, 0.2) is 11.6 Å². The maximum atomic E-state index is 11.3. The number of hydrogen-bond acceptors (Lipinski definition) is 2. The Kier molecular flexibility index (Phi) is 2.86. The van der Waals surface area contributed by atoms with Crippen LogP contribution in [0.1, 0.15) is 20.3 Å². The maximum Gasteiger partial charge on any atom is 0.256 e. The molecule has 0 N–H and O–H groups in total. The van der Waals surface area contributed by atoms with Crippen LogP contribution < -0.4 is 0 Å². The minimum atomic E-state index is -0.222. The van der Waals surface area contributed by atoms with Crippen molar-refractivity contribution < 1.29 is 9.59 Å². The van der Waals surface area contributed by atoms with Gasteiger partial charge in [0.05, 0.1) is 0 Å². The first-order valence-electron chi connectivity index (χ1n) is 4.10. The maximum absolute atomic E-state index is 11.3. The second-order valence-electron chi connectivity index (χ2n) is 2.80. The molecule has 1 heterocycles. The summed E-state index contributed by atoms with van der Waals surface area (Å²) in [6.45, 7) is 3.77. The standard InChI is InChI=1S/C10H11NO2/c1-3-4-5-6-11-9(12)7-8(2)10(11)13/h7H,5-6H2,1-2H3. The molecule has 0 aliphatic carbocycles. The van der Waals surface area contributed by atoms with Gasteiger partial charge in [0.25, 0.3) is 11.8 Å². The van der Waals surface area contributed by atoms with Crippen LogP contribution in [0.25, 0.3) is 0 Å². The fourth-order valence-corrected chi connectivity index (χ4v) is 1.14. The molecule has 0 bridgehead atoms. The van der Waals surface area contributed by atoms with E-state index in [1.54, 1.807) is 13.8 Å². The Morgan fingerprint density at radius 1 is 1.46 bits per heavy atom. The van der Waals surface area contributed by atoms with Gasteiger partial charge in [-0.15, -0.1) is 11.8 Å². The van der Waals surface area contributed by atoms with Crippen molar-refractivity contribution in [2.24, 2.45) is 0 Å². The average Bonchev–Trinajstić information content (AvgIpc) is 2.32. The van der Waals surface area contributed by atoms with Crippen LogP contribution in [0.5, 0.6) is 0 Å². The van der Waals surface area contributed by atoms with Crippen molar-refractivity contribution >= 4 is 11.8 Å². The zero-order chi connectivity index (χ0) is 9.84. The van der Waals surface area contributed by atoms with E-state index in [1.165, 1.54) is 11.0 Å². The van der Waals surface area contributed by atoms with Crippen molar-refractivity contribution in [1.29, 1.82) is 0 Å². The molecule has 1 rings (SSSR count). The molecule has 3 nitrogen and oxygen atoms in total. The largest absolute Gasteiger partial charge is 0.274 e. The van der Waals surface area contributed by atoms with E-state index in [1.807, 2.05) is 0 Å². The number of rotatable bonds is 2. The van der Waals surface area contributed by atoms with E-state index < -0.39 is 0 Å². The number of hydrogen-bond donors (Lipinski definition) is 0. The van der Waals surface area contributed by atoms with Gasteiger partial charge in [-0.25, -0.2) is 0 Å². The highest BCUT2D eigenvalue weighted by Crippen LogP contribution is 2.11. The van der Waals surface area contributed by atoms with Crippen LogP contribution in [0.3, 0.4) is 0 Å². The van der Waals surface area contributed by atoms with E-state index in [2.05, 4.69) is 11.8 Å². The minimum Gasteiger partial charge on any atom is -0.274 e. The van der Waals surface area contributed by atoms with E-state index in [4.69, 9.17) is 0 Å². The molecule has 0 saturated heterocycles. The molecule has 0 saturated carbocycles. The van der Waals surface area contributed by atoms with Crippen molar-refractivity contribution in [2.45, 2.75) is 20.3 Å². The highest BCUT2D eigenvalue weighted by atomic mass is 16.2. The Balaban J connectivity index is 2.57. The van der Waals surface area contributed by atoms with Gasteiger partial charge in [0.1, 0.15) is 0 Å². The van der Waals surface area contributed by atoms with Crippen LogP contribution >= 0.6 is 0 Å². The molecule has 3 heteroatoms. The molecule has 13 heavy (non-hydrogen) atoms. The number of imide groups is 1. The predicted molar refractivity (Wildman–Crippen MR) is 48.5 cm³/mol. The fraction of sp³-hybridized carbons (Fsp3) is 0.400. The third-order valence-corrected chi connectivity index (χ3v) is 1.83. The number of nitrogens with zero attached hydrogens (tertiary/aromatic N) is 1. The number of carbonyl (C=O) groups is 2. The van der Waals surface area contributed by atoms with Gasteiger partial charge in [0.2, 0.25) is 0 Å². The predicted octanol–water partition coefficient (Wildman–Crippen LogP) is 0.715. The van der Waals surface area contributed by atoms with Crippen LogP contribution in [0, 0.1) is 11.8 Å². The van der Waals surface area contributed by atoms with Crippen molar-refractivity contribution in [1.82, 2.24) is 4.90 Å². The van der Waals surface area contributed by atoms with Gasteiger partial charge in [0, 0.05) is 24.6 Å². The Labute approximate surface area is 77.4 Å². The molecule has 0 spiro atoms. The summed E-state index contributed by atoms with van der Waals surface area (Å²) in [5, 5.41) is 0. The highest BCUT2D eigenvalue weighted by molar-refractivity contribution is 6.15. The molecule has 0 aromatic rings. The highest BCUT2D eigenvalue weighted by Gasteiger charge is 2.27. The quantitative estimate of drug-likeness (QED) is 0.460. The third kappa shape index (κ3) is 1.97. The Morgan fingerprint density at radius 2 is 2.15 bits per heavy atom. The molecule has 0 atom stereocenters. The van der Waals surface area contributed by atoms with Crippen LogP contribution in [-0.4, -0.2) is 23.3 Å². The summed E-state index contributed by atoms with van der Waals surface area (Å²) in [6, 6.07) is 0. The first kappa shape index (κ1) is 9.53. The summed E-state index contributed by atoms with van der Waals surface area (Å²) >= 11 is 0. The van der Waals surface area contributed by atoms with Gasteiger partial charge in [-0.05, 0) is 13.8 Å². The van der Waals surface area contributed by atoms with Crippen molar-refractivity contribution in [3.8, 4) is 11.8 Å².